The van der Waals surface area contributed by atoms with E-state index in [2.05, 4.69) is 22.1 Å². The van der Waals surface area contributed by atoms with E-state index >= 15 is 0 Å². The predicted molar refractivity (Wildman–Crippen MR) is 290 cm³/mol. The van der Waals surface area contributed by atoms with Crippen molar-refractivity contribution in [1.29, 1.82) is 0 Å². The number of nitrogens with zero attached hydrogens (tertiary/aromatic N) is 4. The van der Waals surface area contributed by atoms with E-state index in [1.54, 1.807) is 54.5 Å². The van der Waals surface area contributed by atoms with Gasteiger partial charge < -0.3 is 36.0 Å². The molecule has 0 aliphatic carbocycles. The summed E-state index contributed by atoms with van der Waals surface area (Å²) in [5, 5.41) is 18.0. The molecule has 3 heterocycles. The number of ketones is 2. The summed E-state index contributed by atoms with van der Waals surface area (Å²) < 4.78 is 5.98. The average Bonchev–Trinajstić information content (AvgIpc) is 3.99. The fourth-order valence-electron chi connectivity index (χ4n) is 10.1. The molecule has 2 aliphatic heterocycles. The molecule has 0 radical (unpaired) electrons. The Balaban J connectivity index is 1.39. The summed E-state index contributed by atoms with van der Waals surface area (Å²) >= 11 is 1.27. The number of primary amides is 1. The molecule has 2 aliphatic rings. The molecule has 0 bridgehead atoms. The normalized spacial score (nSPS) is 17.7. The van der Waals surface area contributed by atoms with Crippen molar-refractivity contribution in [2.75, 3.05) is 34.3 Å². The molecule has 1 unspecified atom stereocenters. The number of carbonyl (C=O) groups is 8. The Bertz CT molecular complexity index is 2280. The number of aliphatic carboxylic acids is 1. The Kier molecular flexibility index (Phi) is 25.5. The number of piperidine rings is 1. The maximum atomic E-state index is 14.4. The number of likely N-dealkylation sites (N-methyl/N-ethyl adjacent to an activating group) is 1. The van der Waals surface area contributed by atoms with Crippen LogP contribution in [0.15, 0.2) is 54.1 Å². The van der Waals surface area contributed by atoms with Crippen molar-refractivity contribution in [3.8, 4) is 0 Å². The molecule has 1 saturated heterocycles. The van der Waals surface area contributed by atoms with Crippen molar-refractivity contribution < 1.29 is 48.2 Å². The van der Waals surface area contributed by atoms with Crippen LogP contribution >= 0.6 is 11.3 Å². The third kappa shape index (κ3) is 19.5. The van der Waals surface area contributed by atoms with Gasteiger partial charge in [-0.3, -0.25) is 43.3 Å². The lowest BCUT2D eigenvalue weighted by atomic mass is 9.83. The first-order valence-corrected chi connectivity index (χ1v) is 27.9. The Labute approximate surface area is 448 Å². The number of benzene rings is 1. The number of hydrogen-bond acceptors (Lipinski definition) is 12. The molecule has 1 aromatic carbocycles. The number of amides is 5. The van der Waals surface area contributed by atoms with Crippen LogP contribution in [0.1, 0.15) is 164 Å². The molecule has 8 atom stereocenters. The van der Waals surface area contributed by atoms with Crippen molar-refractivity contribution in [1.82, 2.24) is 30.3 Å². The van der Waals surface area contributed by atoms with Gasteiger partial charge in [-0.25, -0.2) is 4.98 Å². The molecule has 4 rings (SSSR count). The van der Waals surface area contributed by atoms with Crippen LogP contribution in [-0.4, -0.2) is 130 Å². The van der Waals surface area contributed by atoms with E-state index in [0.717, 1.165) is 37.8 Å². The minimum atomic E-state index is -1.00. The molecule has 1 aromatic heterocycles. The van der Waals surface area contributed by atoms with E-state index in [9.17, 15) is 43.5 Å². The van der Waals surface area contributed by atoms with Crippen molar-refractivity contribution in [3.05, 3.63) is 75.9 Å². The molecule has 75 heavy (non-hydrogen) atoms. The molecule has 5 amide bonds. The summed E-state index contributed by atoms with van der Waals surface area (Å²) in [7, 11) is 5.37. The van der Waals surface area contributed by atoms with Crippen LogP contribution < -0.4 is 16.4 Å². The quantitative estimate of drug-likeness (QED) is 0.0503. The second kappa shape index (κ2) is 30.8. The number of nitrogens with one attached hydrogen (secondary N) is 2. The van der Waals surface area contributed by atoms with Crippen LogP contribution in [0, 0.1) is 23.7 Å². The van der Waals surface area contributed by atoms with Gasteiger partial charge in [-0.05, 0) is 94.0 Å². The highest BCUT2D eigenvalue weighted by molar-refractivity contribution is 7.09. The monoisotopic (exact) mass is 1060 g/mol. The maximum absolute atomic E-state index is 14.4. The fourth-order valence-corrected chi connectivity index (χ4v) is 11.0. The molecule has 1 fully saturated rings. The first-order valence-electron chi connectivity index (χ1n) is 27.0. The third-order valence-corrected chi connectivity index (χ3v) is 16.0. The topological polar surface area (TPSA) is 239 Å². The number of likely N-dealkylation sites (tertiary alicyclic amines) is 1. The number of hydrogen-bond donors (Lipinski definition) is 4. The van der Waals surface area contributed by atoms with E-state index in [1.165, 1.54) is 17.4 Å². The molecular weight excluding hydrogens is 975 g/mol. The lowest BCUT2D eigenvalue weighted by molar-refractivity contribution is -0.143. The number of ether oxygens (including phenoxy) is 1. The lowest BCUT2D eigenvalue weighted by Gasteiger charge is -2.37. The van der Waals surface area contributed by atoms with Crippen molar-refractivity contribution in [2.45, 2.75) is 174 Å². The van der Waals surface area contributed by atoms with Crippen molar-refractivity contribution in [3.63, 3.8) is 0 Å². The minimum absolute atomic E-state index is 0.00747. The Morgan fingerprint density at radius 3 is 2.25 bits per heavy atom. The van der Waals surface area contributed by atoms with E-state index in [4.69, 9.17) is 15.5 Å². The van der Waals surface area contributed by atoms with Gasteiger partial charge in [-0.2, -0.15) is 0 Å². The molecule has 17 nitrogen and oxygen atoms in total. The van der Waals surface area contributed by atoms with Gasteiger partial charge in [0, 0.05) is 88.0 Å². The first kappa shape index (κ1) is 62.0. The van der Waals surface area contributed by atoms with Crippen LogP contribution in [0.3, 0.4) is 0 Å². The van der Waals surface area contributed by atoms with Crippen LogP contribution in [0.4, 0.5) is 0 Å². The Hall–Kier alpha value is -5.59. The predicted octanol–water partition coefficient (Wildman–Crippen LogP) is 7.38. The number of aromatic nitrogens is 1. The van der Waals surface area contributed by atoms with Crippen LogP contribution in [0.5, 0.6) is 0 Å². The number of nitrogens with two attached hydrogens (primary N) is 1. The summed E-state index contributed by atoms with van der Waals surface area (Å²) in [6, 6.07) is 5.50. The SMILES string of the molecule is C=C1C=CC(=O)N1CCCCCC(=O)N[C@@H](CCCCC(N)=O)C(=O)Cc1ccc(C[C@@H](CC(C)C(=O)O)NC(=O)c2csc([C@@H](C[C@H](C(C)C)N(C)C(=O)[C@@H](CC(=O)[C@H]3CCCCN3C)[C@@H](C)CC)OC)n2)cc1. The summed E-state index contributed by atoms with van der Waals surface area (Å²) in [6.07, 6.45) is 11.1. The van der Waals surface area contributed by atoms with Gasteiger partial charge in [-0.1, -0.05) is 91.1 Å². The molecule has 2 aromatic rings. The lowest BCUT2D eigenvalue weighted by Crippen LogP contribution is -2.48. The standard InChI is InChI=1S/C57H85N7O10S/c1-10-37(4)43(33-49(66)46-19-15-17-28-62(46)7)56(71)63(8)47(36(2)3)34-50(74-9)55-61-45(35-75-55)54(70)59-42(30-38(5)57(72)73)31-40-23-25-41(26-24-40)32-48(65)44(18-13-14-20-51(58)67)60-52(68)21-12-11-16-29-64-39(6)22-27-53(64)69/h22-27,35-38,42-44,46-47,50H,6,10-21,28-34H2,1-5,7-9H3,(H2,58,67)(H,59,70)(H,60,68)(H,72,73)/t37-,38?,42+,43-,44-,46+,47+,50+/m0/s1. The van der Waals surface area contributed by atoms with Gasteiger partial charge in [0.05, 0.1) is 18.0 Å². The van der Waals surface area contributed by atoms with Gasteiger partial charge in [0.2, 0.25) is 17.7 Å². The number of rotatable bonds is 34. The first-order chi connectivity index (χ1) is 35.6. The molecular formula is C57H85N7O10S. The highest BCUT2D eigenvalue weighted by atomic mass is 32.1. The largest absolute Gasteiger partial charge is 0.481 e. The molecule has 5 N–H and O–H groups in total. The number of methoxy groups -OCH3 is 1. The highest BCUT2D eigenvalue weighted by Gasteiger charge is 2.37. The fraction of sp³-hybridized carbons (Fsp3) is 0.632. The zero-order valence-corrected chi connectivity index (χ0v) is 46.6. The molecule has 0 saturated carbocycles. The van der Waals surface area contributed by atoms with Gasteiger partial charge >= 0.3 is 5.97 Å². The number of thiazole rings is 1. The number of allylic oxidation sites excluding steroid dienone is 1. The number of carbonyl (C=O) groups excluding carboxylic acids is 7. The Morgan fingerprint density at radius 1 is 0.947 bits per heavy atom. The summed E-state index contributed by atoms with van der Waals surface area (Å²) in [6.45, 7) is 15.0. The maximum Gasteiger partial charge on any atom is 0.306 e. The Morgan fingerprint density at radius 2 is 1.64 bits per heavy atom. The van der Waals surface area contributed by atoms with Gasteiger partial charge in [-0.15, -0.1) is 11.3 Å². The minimum Gasteiger partial charge on any atom is -0.481 e. The number of carboxylic acids is 1. The van der Waals surface area contributed by atoms with E-state index in [-0.39, 0.29) is 91.0 Å². The second-order valence-corrected chi connectivity index (χ2v) is 22.1. The van der Waals surface area contributed by atoms with E-state index in [0.29, 0.717) is 74.2 Å². The number of Topliss-reactive ketones (excluding diaryl/α,β-unsaturated/α-hetero) is 2. The summed E-state index contributed by atoms with van der Waals surface area (Å²) in [5.74, 6) is -3.58. The zero-order valence-electron chi connectivity index (χ0n) is 45.8. The number of unbranched alkanes of at least 4 members (excludes halogenated alkanes) is 3. The van der Waals surface area contributed by atoms with Gasteiger partial charge in [0.25, 0.3) is 11.8 Å². The number of carboxylic acid groups (broad SMARTS) is 1. The van der Waals surface area contributed by atoms with Gasteiger partial charge in [0.15, 0.2) is 11.6 Å². The zero-order chi connectivity index (χ0) is 55.4. The average molecular weight is 1060 g/mol. The highest BCUT2D eigenvalue weighted by Crippen LogP contribution is 2.33. The molecule has 18 heteroatoms. The summed E-state index contributed by atoms with van der Waals surface area (Å²) in [4.78, 5) is 114. The van der Waals surface area contributed by atoms with Crippen LogP contribution in [0.25, 0.3) is 0 Å². The van der Waals surface area contributed by atoms with Crippen molar-refractivity contribution in [2.24, 2.45) is 29.4 Å². The third-order valence-electron chi connectivity index (χ3n) is 15.1. The van der Waals surface area contributed by atoms with E-state index in [1.807, 2.05) is 46.9 Å². The van der Waals surface area contributed by atoms with Crippen LogP contribution in [-0.2, 0) is 51.1 Å². The molecule has 414 valence electrons. The second-order valence-electron chi connectivity index (χ2n) is 21.2. The van der Waals surface area contributed by atoms with E-state index < -0.39 is 47.8 Å². The summed E-state index contributed by atoms with van der Waals surface area (Å²) in [5.41, 5.74) is 7.65. The van der Waals surface area contributed by atoms with Crippen LogP contribution in [0.2, 0.25) is 0 Å². The molecule has 0 spiro atoms. The smallest absolute Gasteiger partial charge is 0.306 e. The van der Waals surface area contributed by atoms with Gasteiger partial charge in [0.1, 0.15) is 16.8 Å². The van der Waals surface area contributed by atoms with Crippen molar-refractivity contribution >= 4 is 58.4 Å².